The van der Waals surface area contributed by atoms with Gasteiger partial charge >= 0.3 is 6.09 Å². The summed E-state index contributed by atoms with van der Waals surface area (Å²) in [5.41, 5.74) is -0.257. The van der Waals surface area contributed by atoms with Gasteiger partial charge in [-0.25, -0.2) is 27.7 Å². The molecule has 1 aliphatic heterocycles. The number of nitrogens with zero attached hydrogens (tertiary/aromatic N) is 6. The van der Waals surface area contributed by atoms with E-state index >= 15 is 4.39 Å². The monoisotopic (exact) mass is 511 g/mol. The van der Waals surface area contributed by atoms with Crippen LogP contribution in [-0.4, -0.2) is 53.9 Å². The van der Waals surface area contributed by atoms with Crippen LogP contribution < -0.4 is 5.32 Å². The zero-order chi connectivity index (χ0) is 26.3. The van der Waals surface area contributed by atoms with Crippen LogP contribution in [0.25, 0.3) is 22.8 Å². The SMILES string of the molecule is CN=[S@@]1(=O)C[C@@](C)(c2cc(-c3cc(-c4ncc(C#N)cn4)no3)ccc2F)N=C(NC(=O)O)C1(C)C. The summed E-state index contributed by atoms with van der Waals surface area (Å²) in [6.07, 6.45) is 1.34. The Morgan fingerprint density at radius 3 is 2.58 bits per heavy atom. The highest BCUT2D eigenvalue weighted by Gasteiger charge is 2.49. The number of carbonyl (C=O) groups is 1. The summed E-state index contributed by atoms with van der Waals surface area (Å²) in [5.74, 6) is -0.287. The van der Waals surface area contributed by atoms with Crippen LogP contribution in [0.15, 0.2) is 50.5 Å². The fourth-order valence-electron chi connectivity index (χ4n) is 3.96. The molecule has 13 heteroatoms. The number of aliphatic imine (C=N–C) groups is 1. The topological polar surface area (TPSA) is 167 Å². The van der Waals surface area contributed by atoms with Gasteiger partial charge < -0.3 is 9.63 Å². The van der Waals surface area contributed by atoms with E-state index in [1.54, 1.807) is 26.8 Å². The fourth-order valence-corrected chi connectivity index (χ4v) is 6.29. The van der Waals surface area contributed by atoms with E-state index in [1.807, 2.05) is 6.07 Å². The van der Waals surface area contributed by atoms with Crippen molar-refractivity contribution in [2.75, 3.05) is 12.8 Å². The van der Waals surface area contributed by atoms with Gasteiger partial charge in [0.05, 0.1) is 21.0 Å². The summed E-state index contributed by atoms with van der Waals surface area (Å²) < 4.78 is 37.3. The molecule has 0 radical (unpaired) electrons. The number of aromatic nitrogens is 3. The van der Waals surface area contributed by atoms with Gasteiger partial charge in [-0.1, -0.05) is 5.16 Å². The Balaban J connectivity index is 1.80. The Labute approximate surface area is 206 Å². The standard InChI is InChI=1S/C23H22FN7O4S/c1-22(2)20(29-21(32)33)30-23(3,12-36(22,34)26-4)15-7-14(5-6-16(15)24)18-8-17(31-35-18)19-27-10-13(9-25)11-28-19/h5-8,10-11H,12H2,1-4H3,(H,29,30)(H,32,33)/t23-,36+/m0/s1. The van der Waals surface area contributed by atoms with Gasteiger partial charge in [-0.15, -0.1) is 0 Å². The lowest BCUT2D eigenvalue weighted by atomic mass is 9.91. The maximum Gasteiger partial charge on any atom is 0.410 e. The molecule has 11 nitrogen and oxygen atoms in total. The Bertz CT molecular complexity index is 1550. The quantitative estimate of drug-likeness (QED) is 0.538. The van der Waals surface area contributed by atoms with Crippen molar-refractivity contribution in [3.63, 3.8) is 0 Å². The van der Waals surface area contributed by atoms with Crippen LogP contribution >= 0.6 is 0 Å². The molecule has 186 valence electrons. The number of amidine groups is 1. The van der Waals surface area contributed by atoms with Crippen LogP contribution in [0, 0.1) is 17.1 Å². The van der Waals surface area contributed by atoms with Crippen LogP contribution in [-0.2, 0) is 15.3 Å². The lowest BCUT2D eigenvalue weighted by Crippen LogP contribution is -2.57. The molecular weight excluding hydrogens is 489 g/mol. The number of hydrogen-bond acceptors (Lipinski definition) is 9. The second kappa shape index (κ2) is 8.80. The number of hydrogen-bond donors (Lipinski definition) is 2. The Hall–Kier alpha value is -4.18. The van der Waals surface area contributed by atoms with Gasteiger partial charge in [0.1, 0.15) is 28.0 Å². The normalized spacial score (nSPS) is 22.8. The average Bonchev–Trinajstić information content (AvgIpc) is 3.33. The minimum atomic E-state index is -3.06. The number of nitriles is 1. The maximum absolute atomic E-state index is 15.2. The summed E-state index contributed by atoms with van der Waals surface area (Å²) in [5, 5.41) is 24.4. The van der Waals surface area contributed by atoms with Crippen molar-refractivity contribution in [2.24, 2.45) is 9.36 Å². The predicted molar refractivity (Wildman–Crippen MR) is 129 cm³/mol. The van der Waals surface area contributed by atoms with Gasteiger partial charge in [0.25, 0.3) is 0 Å². The van der Waals surface area contributed by atoms with Crippen molar-refractivity contribution in [1.82, 2.24) is 20.4 Å². The molecule has 1 aliphatic rings. The minimum Gasteiger partial charge on any atom is -0.465 e. The predicted octanol–water partition coefficient (Wildman–Crippen LogP) is 3.58. The van der Waals surface area contributed by atoms with Gasteiger partial charge in [0, 0.05) is 36.6 Å². The molecule has 1 amide bonds. The van der Waals surface area contributed by atoms with Crippen molar-refractivity contribution in [2.45, 2.75) is 31.1 Å². The molecule has 3 heterocycles. The Morgan fingerprint density at radius 2 is 1.97 bits per heavy atom. The van der Waals surface area contributed by atoms with E-state index in [9.17, 15) is 14.1 Å². The number of carboxylic acid groups (broad SMARTS) is 1. The van der Waals surface area contributed by atoms with Gasteiger partial charge in [0.15, 0.2) is 17.3 Å². The highest BCUT2D eigenvalue weighted by atomic mass is 32.2. The van der Waals surface area contributed by atoms with Gasteiger partial charge in [0.2, 0.25) is 0 Å². The van der Waals surface area contributed by atoms with Crippen LogP contribution in [0.4, 0.5) is 9.18 Å². The van der Waals surface area contributed by atoms with Crippen molar-refractivity contribution < 1.29 is 23.0 Å². The molecule has 0 bridgehead atoms. The largest absolute Gasteiger partial charge is 0.465 e. The molecule has 1 aromatic carbocycles. The number of rotatable bonds is 3. The first-order chi connectivity index (χ1) is 16.9. The van der Waals surface area contributed by atoms with Crippen molar-refractivity contribution in [3.8, 4) is 28.9 Å². The third-order valence-electron chi connectivity index (χ3n) is 6.07. The summed E-state index contributed by atoms with van der Waals surface area (Å²) in [6, 6.07) is 7.70. The van der Waals surface area contributed by atoms with E-state index in [0.29, 0.717) is 16.8 Å². The highest BCUT2D eigenvalue weighted by Crippen LogP contribution is 2.40. The molecule has 0 fully saturated rings. The third kappa shape index (κ3) is 4.20. The fraction of sp³-hybridized carbons (Fsp3) is 0.304. The van der Waals surface area contributed by atoms with Crippen molar-refractivity contribution >= 4 is 21.7 Å². The average molecular weight is 512 g/mol. The summed E-state index contributed by atoms with van der Waals surface area (Å²) >= 11 is 0. The van der Waals surface area contributed by atoms with Crippen LogP contribution in [0.1, 0.15) is 31.9 Å². The molecule has 2 N–H and O–H groups in total. The maximum atomic E-state index is 15.2. The number of amides is 1. The van der Waals surface area contributed by atoms with E-state index in [0.717, 1.165) is 0 Å². The van der Waals surface area contributed by atoms with Gasteiger partial charge in [-0.2, -0.15) is 5.26 Å². The molecular formula is C23H22FN7O4S. The van der Waals surface area contributed by atoms with E-state index in [-0.39, 0.29) is 28.7 Å². The molecule has 0 saturated heterocycles. The lowest BCUT2D eigenvalue weighted by Gasteiger charge is -2.41. The Morgan fingerprint density at radius 1 is 1.28 bits per heavy atom. The second-order valence-corrected chi connectivity index (χ2v) is 11.8. The van der Waals surface area contributed by atoms with E-state index in [1.165, 1.54) is 37.6 Å². The Kier molecular flexibility index (Phi) is 6.09. The molecule has 4 rings (SSSR count). The van der Waals surface area contributed by atoms with Crippen molar-refractivity contribution in [3.05, 3.63) is 53.6 Å². The zero-order valence-corrected chi connectivity index (χ0v) is 20.6. The molecule has 2 aromatic heterocycles. The first-order valence-electron chi connectivity index (χ1n) is 10.6. The molecule has 0 unspecified atom stereocenters. The molecule has 36 heavy (non-hydrogen) atoms. The van der Waals surface area contributed by atoms with Gasteiger partial charge in [-0.3, -0.25) is 10.3 Å². The highest BCUT2D eigenvalue weighted by molar-refractivity contribution is 7.95. The number of nitrogens with one attached hydrogen (secondary N) is 1. The first-order valence-corrected chi connectivity index (χ1v) is 12.3. The second-order valence-electron chi connectivity index (χ2n) is 8.82. The van der Waals surface area contributed by atoms with E-state index < -0.39 is 31.9 Å². The smallest absolute Gasteiger partial charge is 0.410 e. The van der Waals surface area contributed by atoms with Crippen LogP contribution in [0.2, 0.25) is 0 Å². The molecule has 2 atom stereocenters. The number of halogens is 1. The summed E-state index contributed by atoms with van der Waals surface area (Å²) in [4.78, 5) is 24.1. The number of benzene rings is 1. The van der Waals surface area contributed by atoms with Crippen LogP contribution in [0.5, 0.6) is 0 Å². The lowest BCUT2D eigenvalue weighted by molar-refractivity contribution is 0.199. The summed E-state index contributed by atoms with van der Waals surface area (Å²) in [6.45, 7) is 4.75. The summed E-state index contributed by atoms with van der Waals surface area (Å²) in [7, 11) is -1.67. The van der Waals surface area contributed by atoms with E-state index in [4.69, 9.17) is 9.78 Å². The van der Waals surface area contributed by atoms with Gasteiger partial charge in [-0.05, 0) is 39.0 Å². The van der Waals surface area contributed by atoms with Crippen molar-refractivity contribution in [1.29, 1.82) is 5.26 Å². The molecule has 0 saturated carbocycles. The zero-order valence-electron chi connectivity index (χ0n) is 19.8. The minimum absolute atomic E-state index is 0.0657. The van der Waals surface area contributed by atoms with Crippen LogP contribution in [0.3, 0.4) is 0 Å². The first kappa shape index (κ1) is 24.9. The van der Waals surface area contributed by atoms with E-state index in [2.05, 4.69) is 29.8 Å². The molecule has 3 aromatic rings. The molecule has 0 spiro atoms. The molecule has 0 aliphatic carbocycles. The third-order valence-corrected chi connectivity index (χ3v) is 9.41.